The summed E-state index contributed by atoms with van der Waals surface area (Å²) in [6, 6.07) is 0. The summed E-state index contributed by atoms with van der Waals surface area (Å²) in [5.41, 5.74) is 5.61. The van der Waals surface area contributed by atoms with Gasteiger partial charge in [0, 0.05) is 19.5 Å². The first-order chi connectivity index (χ1) is 8.17. The molecule has 1 atom stereocenters. The Hall–Kier alpha value is -0.570. The molecule has 1 rings (SSSR count). The van der Waals surface area contributed by atoms with Gasteiger partial charge in [-0.15, -0.1) is 0 Å². The van der Waals surface area contributed by atoms with E-state index in [-0.39, 0.29) is 0 Å². The van der Waals surface area contributed by atoms with Gasteiger partial charge in [-0.1, -0.05) is 32.6 Å². The zero-order valence-corrected chi connectivity index (χ0v) is 11.5. The molecule has 1 aliphatic carbocycles. The Labute approximate surface area is 106 Å². The molecule has 0 heterocycles. The summed E-state index contributed by atoms with van der Waals surface area (Å²) in [5.74, 6) is 1.54. The quantitative estimate of drug-likeness (QED) is 0.742. The SMILES string of the molecule is CCN(CC(C)CN)C(=O)CCC1CCCC1. The molecule has 100 valence electrons. The second-order valence-electron chi connectivity index (χ2n) is 5.46. The van der Waals surface area contributed by atoms with Crippen molar-refractivity contribution < 1.29 is 4.79 Å². The fourth-order valence-corrected chi connectivity index (χ4v) is 2.64. The molecule has 3 nitrogen and oxygen atoms in total. The summed E-state index contributed by atoms with van der Waals surface area (Å²) < 4.78 is 0. The van der Waals surface area contributed by atoms with Gasteiger partial charge in [0.15, 0.2) is 0 Å². The molecular weight excluding hydrogens is 212 g/mol. The second kappa shape index (κ2) is 7.70. The highest BCUT2D eigenvalue weighted by molar-refractivity contribution is 5.76. The standard InChI is InChI=1S/C14H28N2O/c1-3-16(11-12(2)10-15)14(17)9-8-13-6-4-5-7-13/h12-13H,3-11,15H2,1-2H3. The predicted octanol–water partition coefficient (Wildman–Crippen LogP) is 2.40. The Balaban J connectivity index is 2.27. The third-order valence-corrected chi connectivity index (χ3v) is 3.91. The molecule has 1 fully saturated rings. The highest BCUT2D eigenvalue weighted by Gasteiger charge is 2.19. The van der Waals surface area contributed by atoms with Gasteiger partial charge < -0.3 is 10.6 Å². The van der Waals surface area contributed by atoms with Gasteiger partial charge in [0.1, 0.15) is 0 Å². The molecule has 0 aromatic rings. The summed E-state index contributed by atoms with van der Waals surface area (Å²) in [6.07, 6.45) is 7.21. The monoisotopic (exact) mass is 240 g/mol. The van der Waals surface area contributed by atoms with Gasteiger partial charge in [-0.25, -0.2) is 0 Å². The van der Waals surface area contributed by atoms with Crippen LogP contribution in [0.3, 0.4) is 0 Å². The molecule has 0 bridgehead atoms. The maximum atomic E-state index is 12.1. The average molecular weight is 240 g/mol. The van der Waals surface area contributed by atoms with E-state index in [0.29, 0.717) is 18.4 Å². The number of nitrogens with zero attached hydrogens (tertiary/aromatic N) is 1. The molecule has 0 spiro atoms. The van der Waals surface area contributed by atoms with Crippen LogP contribution in [0.5, 0.6) is 0 Å². The minimum absolute atomic E-state index is 0.319. The van der Waals surface area contributed by atoms with Crippen molar-refractivity contribution in [3.8, 4) is 0 Å². The average Bonchev–Trinajstić information content (AvgIpc) is 2.85. The van der Waals surface area contributed by atoms with Crippen molar-refractivity contribution in [3.05, 3.63) is 0 Å². The Bertz CT molecular complexity index is 224. The topological polar surface area (TPSA) is 46.3 Å². The van der Waals surface area contributed by atoms with Crippen molar-refractivity contribution in [1.82, 2.24) is 4.90 Å². The summed E-state index contributed by atoms with van der Waals surface area (Å²) >= 11 is 0. The van der Waals surface area contributed by atoms with Crippen molar-refractivity contribution in [2.45, 2.75) is 52.4 Å². The largest absolute Gasteiger partial charge is 0.343 e. The number of hydrogen-bond acceptors (Lipinski definition) is 2. The number of rotatable bonds is 7. The Morgan fingerprint density at radius 3 is 2.59 bits per heavy atom. The fraction of sp³-hybridized carbons (Fsp3) is 0.929. The van der Waals surface area contributed by atoms with E-state index in [1.54, 1.807) is 0 Å². The van der Waals surface area contributed by atoms with Crippen LogP contribution in [0.25, 0.3) is 0 Å². The third kappa shape index (κ3) is 5.07. The van der Waals surface area contributed by atoms with Crippen molar-refractivity contribution in [1.29, 1.82) is 0 Å². The molecule has 0 saturated heterocycles. The van der Waals surface area contributed by atoms with E-state index < -0.39 is 0 Å². The number of carbonyl (C=O) groups excluding carboxylic acids is 1. The number of carbonyl (C=O) groups is 1. The number of hydrogen-bond donors (Lipinski definition) is 1. The lowest BCUT2D eigenvalue weighted by Gasteiger charge is -2.24. The van der Waals surface area contributed by atoms with Crippen LogP contribution in [0.1, 0.15) is 52.4 Å². The van der Waals surface area contributed by atoms with Crippen LogP contribution in [0.2, 0.25) is 0 Å². The van der Waals surface area contributed by atoms with E-state index >= 15 is 0 Å². The van der Waals surface area contributed by atoms with E-state index in [4.69, 9.17) is 5.73 Å². The highest BCUT2D eigenvalue weighted by Crippen LogP contribution is 2.28. The fourth-order valence-electron chi connectivity index (χ4n) is 2.64. The Morgan fingerprint density at radius 2 is 2.06 bits per heavy atom. The predicted molar refractivity (Wildman–Crippen MR) is 71.7 cm³/mol. The van der Waals surface area contributed by atoms with Crippen LogP contribution >= 0.6 is 0 Å². The minimum atomic E-state index is 0.319. The lowest BCUT2D eigenvalue weighted by molar-refractivity contribution is -0.131. The van der Waals surface area contributed by atoms with E-state index in [1.165, 1.54) is 25.7 Å². The molecule has 1 unspecified atom stereocenters. The molecule has 1 aliphatic rings. The zero-order valence-electron chi connectivity index (χ0n) is 11.5. The van der Waals surface area contributed by atoms with Crippen molar-refractivity contribution in [3.63, 3.8) is 0 Å². The Morgan fingerprint density at radius 1 is 1.41 bits per heavy atom. The summed E-state index contributed by atoms with van der Waals surface area (Å²) in [5, 5.41) is 0. The van der Waals surface area contributed by atoms with Gasteiger partial charge >= 0.3 is 0 Å². The Kier molecular flexibility index (Phi) is 6.56. The highest BCUT2D eigenvalue weighted by atomic mass is 16.2. The summed E-state index contributed by atoms with van der Waals surface area (Å²) in [6.45, 7) is 6.44. The molecule has 0 aromatic heterocycles. The van der Waals surface area contributed by atoms with Crippen LogP contribution < -0.4 is 5.73 Å². The molecular formula is C14H28N2O. The first-order valence-corrected chi connectivity index (χ1v) is 7.15. The molecule has 1 amide bonds. The van der Waals surface area contributed by atoms with Gasteiger partial charge in [-0.2, -0.15) is 0 Å². The second-order valence-corrected chi connectivity index (χ2v) is 5.46. The molecule has 0 aliphatic heterocycles. The van der Waals surface area contributed by atoms with Gasteiger partial charge in [0.2, 0.25) is 5.91 Å². The van der Waals surface area contributed by atoms with Crippen LogP contribution in [-0.4, -0.2) is 30.4 Å². The van der Waals surface area contributed by atoms with Crippen molar-refractivity contribution >= 4 is 5.91 Å². The third-order valence-electron chi connectivity index (χ3n) is 3.91. The van der Waals surface area contributed by atoms with Gasteiger partial charge in [0.05, 0.1) is 0 Å². The molecule has 2 N–H and O–H groups in total. The van der Waals surface area contributed by atoms with Gasteiger partial charge in [-0.3, -0.25) is 4.79 Å². The van der Waals surface area contributed by atoms with E-state index in [1.807, 2.05) is 4.90 Å². The van der Waals surface area contributed by atoms with Crippen LogP contribution in [0.4, 0.5) is 0 Å². The zero-order chi connectivity index (χ0) is 12.7. The van der Waals surface area contributed by atoms with E-state index in [2.05, 4.69) is 13.8 Å². The van der Waals surface area contributed by atoms with E-state index in [9.17, 15) is 4.79 Å². The molecule has 0 radical (unpaired) electrons. The summed E-state index contributed by atoms with van der Waals surface area (Å²) in [4.78, 5) is 14.0. The van der Waals surface area contributed by atoms with Crippen molar-refractivity contribution in [2.75, 3.05) is 19.6 Å². The van der Waals surface area contributed by atoms with Gasteiger partial charge in [0.25, 0.3) is 0 Å². The lowest BCUT2D eigenvalue weighted by atomic mass is 10.0. The normalized spacial score (nSPS) is 18.3. The van der Waals surface area contributed by atoms with Crippen LogP contribution in [0.15, 0.2) is 0 Å². The first kappa shape index (κ1) is 14.5. The molecule has 17 heavy (non-hydrogen) atoms. The lowest BCUT2D eigenvalue weighted by Crippen LogP contribution is -2.36. The molecule has 0 aromatic carbocycles. The molecule has 1 saturated carbocycles. The van der Waals surface area contributed by atoms with Crippen LogP contribution in [-0.2, 0) is 4.79 Å². The number of amides is 1. The summed E-state index contributed by atoms with van der Waals surface area (Å²) in [7, 11) is 0. The molecule has 3 heteroatoms. The van der Waals surface area contributed by atoms with Crippen LogP contribution in [0, 0.1) is 11.8 Å². The maximum absolute atomic E-state index is 12.1. The number of nitrogens with two attached hydrogens (primary N) is 1. The maximum Gasteiger partial charge on any atom is 0.222 e. The van der Waals surface area contributed by atoms with Crippen molar-refractivity contribution in [2.24, 2.45) is 17.6 Å². The van der Waals surface area contributed by atoms with Gasteiger partial charge in [-0.05, 0) is 31.7 Å². The minimum Gasteiger partial charge on any atom is -0.343 e. The van der Waals surface area contributed by atoms with E-state index in [0.717, 1.165) is 31.8 Å². The smallest absolute Gasteiger partial charge is 0.222 e. The first-order valence-electron chi connectivity index (χ1n) is 7.15.